The number of imide groups is 1. The van der Waals surface area contributed by atoms with Crippen LogP contribution < -0.4 is 4.74 Å². The summed E-state index contributed by atoms with van der Waals surface area (Å²) < 4.78 is 5.19. The van der Waals surface area contributed by atoms with Gasteiger partial charge in [-0.3, -0.25) is 9.69 Å². The lowest BCUT2D eigenvalue weighted by atomic mass is 10.0. The first-order valence-corrected chi connectivity index (χ1v) is 10.9. The van der Waals surface area contributed by atoms with Crippen molar-refractivity contribution in [2.45, 2.75) is 45.2 Å². The average Bonchev–Trinajstić information content (AvgIpc) is 2.96. The van der Waals surface area contributed by atoms with Crippen LogP contribution in [0.15, 0.2) is 42.5 Å². The molecule has 30 heavy (non-hydrogen) atoms. The Labute approximate surface area is 187 Å². The second-order valence-corrected chi connectivity index (χ2v) is 8.22. The first-order chi connectivity index (χ1) is 14.4. The van der Waals surface area contributed by atoms with Gasteiger partial charge in [-0.05, 0) is 61.1 Å². The van der Waals surface area contributed by atoms with Gasteiger partial charge in [0.25, 0.3) is 5.91 Å². The molecule has 0 saturated carbocycles. The number of carbonyl (C=O) groups is 2. The summed E-state index contributed by atoms with van der Waals surface area (Å²) in [5.74, 6) is 0.677. The first-order valence-electron chi connectivity index (χ1n) is 10.1. The summed E-state index contributed by atoms with van der Waals surface area (Å²) in [6, 6.07) is 12.4. The molecule has 1 atom stereocenters. The molecule has 1 aliphatic heterocycles. The van der Waals surface area contributed by atoms with E-state index in [1.165, 1.54) is 10.5 Å². The predicted octanol–water partition coefficient (Wildman–Crippen LogP) is 5.57. The minimum Gasteiger partial charge on any atom is -0.497 e. The molecule has 160 valence electrons. The highest BCUT2D eigenvalue weighted by atomic mass is 35.5. The largest absolute Gasteiger partial charge is 0.497 e. The van der Waals surface area contributed by atoms with Crippen LogP contribution in [0.3, 0.4) is 0 Å². The molecule has 0 aliphatic carbocycles. The van der Waals surface area contributed by atoms with Gasteiger partial charge in [0.1, 0.15) is 11.8 Å². The van der Waals surface area contributed by atoms with Crippen LogP contribution in [0.5, 0.6) is 5.75 Å². The second kappa shape index (κ2) is 10.2. The third-order valence-corrected chi connectivity index (χ3v) is 6.03. The summed E-state index contributed by atoms with van der Waals surface area (Å²) in [4.78, 5) is 29.0. The molecular formula is C23H26Cl2N2O3. The Morgan fingerprint density at radius 3 is 2.33 bits per heavy atom. The number of hydrogen-bond donors (Lipinski definition) is 0. The molecule has 0 bridgehead atoms. The molecule has 1 aliphatic rings. The molecule has 0 aromatic heterocycles. The van der Waals surface area contributed by atoms with Gasteiger partial charge in [0.05, 0.1) is 23.7 Å². The number of benzene rings is 2. The highest BCUT2D eigenvalue weighted by Gasteiger charge is 2.43. The predicted molar refractivity (Wildman–Crippen MR) is 119 cm³/mol. The number of halogens is 2. The number of hydrogen-bond acceptors (Lipinski definition) is 3. The lowest BCUT2D eigenvalue weighted by Gasteiger charge is -2.21. The number of carbonyl (C=O) groups excluding carboxylic acids is 2. The molecule has 3 rings (SSSR count). The number of ether oxygens (including phenoxy) is 1. The van der Waals surface area contributed by atoms with Crippen LogP contribution in [-0.2, 0) is 17.8 Å². The van der Waals surface area contributed by atoms with Crippen molar-refractivity contribution in [2.75, 3.05) is 13.7 Å². The molecule has 3 amide bonds. The van der Waals surface area contributed by atoms with E-state index in [1.54, 1.807) is 30.2 Å². The van der Waals surface area contributed by atoms with Gasteiger partial charge in [-0.25, -0.2) is 4.79 Å². The number of urea groups is 1. The topological polar surface area (TPSA) is 49.9 Å². The zero-order valence-electron chi connectivity index (χ0n) is 17.2. The van der Waals surface area contributed by atoms with Crippen LogP contribution in [0, 0.1) is 0 Å². The van der Waals surface area contributed by atoms with Crippen LogP contribution in [0.25, 0.3) is 0 Å². The summed E-state index contributed by atoms with van der Waals surface area (Å²) >= 11 is 12.1. The van der Waals surface area contributed by atoms with Crippen molar-refractivity contribution >= 4 is 35.1 Å². The lowest BCUT2D eigenvalue weighted by molar-refractivity contribution is -0.128. The maximum Gasteiger partial charge on any atom is 0.327 e. The fraction of sp³-hybridized carbons (Fsp3) is 0.391. The third kappa shape index (κ3) is 5.08. The highest BCUT2D eigenvalue weighted by Crippen LogP contribution is 2.27. The van der Waals surface area contributed by atoms with E-state index >= 15 is 0 Å². The summed E-state index contributed by atoms with van der Waals surface area (Å²) in [6.07, 6.45) is 3.09. The van der Waals surface area contributed by atoms with Gasteiger partial charge < -0.3 is 9.64 Å². The smallest absolute Gasteiger partial charge is 0.327 e. The quantitative estimate of drug-likeness (QED) is 0.471. The van der Waals surface area contributed by atoms with E-state index in [4.69, 9.17) is 27.9 Å². The average molecular weight is 449 g/mol. The molecular weight excluding hydrogens is 423 g/mol. The standard InChI is InChI=1S/C23H26Cl2N2O3/c1-3-13-26-21(6-4-5-16-7-10-18(30-2)11-8-16)22(28)27(23(26)29)15-17-9-12-19(24)20(25)14-17/h7-12,14,21H,3-6,13,15H2,1-2H3. The van der Waals surface area contributed by atoms with Crippen molar-refractivity contribution in [3.8, 4) is 5.75 Å². The van der Waals surface area contributed by atoms with Crippen LogP contribution in [-0.4, -0.2) is 41.4 Å². The molecule has 1 heterocycles. The van der Waals surface area contributed by atoms with Gasteiger partial charge in [-0.2, -0.15) is 0 Å². The Kier molecular flexibility index (Phi) is 7.62. The molecule has 0 radical (unpaired) electrons. The van der Waals surface area contributed by atoms with Crippen LogP contribution in [0.1, 0.15) is 37.3 Å². The van der Waals surface area contributed by atoms with Gasteiger partial charge in [0, 0.05) is 6.54 Å². The van der Waals surface area contributed by atoms with Crippen LogP contribution in [0.2, 0.25) is 10.0 Å². The van der Waals surface area contributed by atoms with E-state index in [-0.39, 0.29) is 18.5 Å². The summed E-state index contributed by atoms with van der Waals surface area (Å²) in [6.45, 7) is 2.77. The molecule has 7 heteroatoms. The molecule has 5 nitrogen and oxygen atoms in total. The summed E-state index contributed by atoms with van der Waals surface area (Å²) in [5, 5.41) is 0.859. The van der Waals surface area contributed by atoms with E-state index in [9.17, 15) is 9.59 Å². The molecule has 1 unspecified atom stereocenters. The van der Waals surface area contributed by atoms with Crippen molar-refractivity contribution < 1.29 is 14.3 Å². The van der Waals surface area contributed by atoms with Crippen LogP contribution >= 0.6 is 23.2 Å². The molecule has 2 aromatic carbocycles. The number of methoxy groups -OCH3 is 1. The van der Waals surface area contributed by atoms with Gasteiger partial charge in [0.2, 0.25) is 0 Å². The van der Waals surface area contributed by atoms with E-state index in [0.717, 1.165) is 30.6 Å². The van der Waals surface area contributed by atoms with Crippen molar-refractivity contribution in [2.24, 2.45) is 0 Å². The monoisotopic (exact) mass is 448 g/mol. The summed E-state index contributed by atoms with van der Waals surface area (Å²) in [7, 11) is 1.64. The lowest BCUT2D eigenvalue weighted by Crippen LogP contribution is -2.35. The van der Waals surface area contributed by atoms with E-state index in [2.05, 4.69) is 0 Å². The van der Waals surface area contributed by atoms with Gasteiger partial charge in [-0.15, -0.1) is 0 Å². The fourth-order valence-corrected chi connectivity index (χ4v) is 4.05. The molecule has 1 saturated heterocycles. The van der Waals surface area contributed by atoms with Gasteiger partial charge in [0.15, 0.2) is 0 Å². The van der Waals surface area contributed by atoms with Gasteiger partial charge in [-0.1, -0.05) is 48.3 Å². The SMILES string of the molecule is CCCN1C(=O)N(Cc2ccc(Cl)c(Cl)c2)C(=O)C1CCCc1ccc(OC)cc1. The van der Waals surface area contributed by atoms with E-state index in [1.807, 2.05) is 31.2 Å². The summed E-state index contributed by atoms with van der Waals surface area (Å²) in [5.41, 5.74) is 1.96. The van der Waals surface area contributed by atoms with Crippen molar-refractivity contribution in [1.29, 1.82) is 0 Å². The Hall–Kier alpha value is -2.24. The molecule has 2 aromatic rings. The van der Waals surface area contributed by atoms with Gasteiger partial charge >= 0.3 is 6.03 Å². The number of rotatable bonds is 9. The third-order valence-electron chi connectivity index (χ3n) is 5.30. The Morgan fingerprint density at radius 2 is 1.70 bits per heavy atom. The zero-order chi connectivity index (χ0) is 21.7. The van der Waals surface area contributed by atoms with Crippen LogP contribution in [0.4, 0.5) is 4.79 Å². The highest BCUT2D eigenvalue weighted by molar-refractivity contribution is 6.42. The second-order valence-electron chi connectivity index (χ2n) is 7.40. The minimum atomic E-state index is -0.418. The Morgan fingerprint density at radius 1 is 1.00 bits per heavy atom. The van der Waals surface area contributed by atoms with Crippen molar-refractivity contribution in [3.63, 3.8) is 0 Å². The number of amides is 3. The Bertz CT molecular complexity index is 902. The van der Waals surface area contributed by atoms with Crippen molar-refractivity contribution in [1.82, 2.24) is 9.80 Å². The number of aryl methyl sites for hydroxylation is 1. The number of nitrogens with zero attached hydrogens (tertiary/aromatic N) is 2. The maximum atomic E-state index is 13.1. The molecule has 0 spiro atoms. The Balaban J connectivity index is 1.66. The maximum absolute atomic E-state index is 13.1. The minimum absolute atomic E-state index is 0.144. The molecule has 1 fully saturated rings. The first kappa shape index (κ1) is 22.4. The molecule has 0 N–H and O–H groups in total. The fourth-order valence-electron chi connectivity index (χ4n) is 3.73. The van der Waals surface area contributed by atoms with E-state index < -0.39 is 6.04 Å². The van der Waals surface area contributed by atoms with E-state index in [0.29, 0.717) is 23.0 Å². The van der Waals surface area contributed by atoms with Crippen molar-refractivity contribution in [3.05, 3.63) is 63.6 Å². The normalized spacial score (nSPS) is 16.5. The zero-order valence-corrected chi connectivity index (χ0v) is 18.7.